The molecule has 32 heavy (non-hydrogen) atoms. The summed E-state index contributed by atoms with van der Waals surface area (Å²) in [6, 6.07) is 3.66. The van der Waals surface area contributed by atoms with Crippen molar-refractivity contribution in [3.05, 3.63) is 39.3 Å². The molecule has 1 saturated heterocycles. The lowest BCUT2D eigenvalue weighted by Gasteiger charge is -2.34. The number of aromatic nitrogens is 2. The van der Waals surface area contributed by atoms with Gasteiger partial charge in [0.1, 0.15) is 0 Å². The third-order valence-corrected chi connectivity index (χ3v) is 6.51. The fraction of sp³-hybridized carbons (Fsp3) is 0.565. The van der Waals surface area contributed by atoms with Gasteiger partial charge in [-0.3, -0.25) is 19.1 Å². The van der Waals surface area contributed by atoms with Crippen molar-refractivity contribution >= 4 is 29.1 Å². The van der Waals surface area contributed by atoms with E-state index in [0.717, 1.165) is 23.5 Å². The summed E-state index contributed by atoms with van der Waals surface area (Å²) >= 11 is 1.42. The first-order valence-corrected chi connectivity index (χ1v) is 11.9. The monoisotopic (exact) mass is 460 g/mol. The average molecular weight is 461 g/mol. The van der Waals surface area contributed by atoms with Gasteiger partial charge in [-0.15, -0.1) is 11.3 Å². The summed E-state index contributed by atoms with van der Waals surface area (Å²) in [5.41, 5.74) is 3.08. The smallest absolute Gasteiger partial charge is 0.306 e. The molecule has 0 radical (unpaired) electrons. The minimum atomic E-state index is -0.389. The van der Waals surface area contributed by atoms with Gasteiger partial charge in [0.2, 0.25) is 0 Å². The molecule has 0 aromatic carbocycles. The van der Waals surface area contributed by atoms with Gasteiger partial charge in [-0.2, -0.15) is 5.10 Å². The number of aryl methyl sites for hydroxylation is 1. The van der Waals surface area contributed by atoms with Crippen LogP contribution in [0.25, 0.3) is 0 Å². The fourth-order valence-electron chi connectivity index (χ4n) is 3.87. The zero-order valence-corrected chi connectivity index (χ0v) is 20.1. The maximum absolute atomic E-state index is 12.4. The Hall–Kier alpha value is -2.68. The van der Waals surface area contributed by atoms with Crippen molar-refractivity contribution in [2.45, 2.75) is 47.1 Å². The number of hydrogen-bond donors (Lipinski definition) is 0. The van der Waals surface area contributed by atoms with Gasteiger partial charge < -0.3 is 14.5 Å². The Morgan fingerprint density at radius 3 is 2.44 bits per heavy atom. The minimum absolute atomic E-state index is 0.000769. The van der Waals surface area contributed by atoms with Crippen LogP contribution in [0.1, 0.15) is 46.9 Å². The Balaban J connectivity index is 1.40. The van der Waals surface area contributed by atoms with Gasteiger partial charge in [0.05, 0.1) is 10.6 Å². The molecular weight excluding hydrogens is 428 g/mol. The first-order chi connectivity index (χ1) is 15.3. The van der Waals surface area contributed by atoms with E-state index in [9.17, 15) is 14.4 Å². The topological polar surface area (TPSA) is 84.7 Å². The first kappa shape index (κ1) is 24.0. The lowest BCUT2D eigenvalue weighted by molar-refractivity contribution is -0.152. The highest BCUT2D eigenvalue weighted by molar-refractivity contribution is 7.12. The maximum atomic E-state index is 12.4. The number of esters is 1. The molecule has 0 saturated carbocycles. The molecule has 0 aliphatic carbocycles. The Morgan fingerprint density at radius 1 is 1.12 bits per heavy atom. The molecule has 174 valence electrons. The summed E-state index contributed by atoms with van der Waals surface area (Å²) in [7, 11) is 0. The van der Waals surface area contributed by atoms with Crippen LogP contribution in [-0.2, 0) is 27.3 Å². The molecule has 2 aromatic heterocycles. The van der Waals surface area contributed by atoms with Gasteiger partial charge in [-0.1, -0.05) is 19.9 Å². The van der Waals surface area contributed by atoms with Crippen molar-refractivity contribution in [3.8, 4) is 0 Å². The molecule has 2 aromatic rings. The molecule has 1 aliphatic rings. The number of carbonyl (C=O) groups is 3. The Bertz CT molecular complexity index is 944. The quantitative estimate of drug-likeness (QED) is 0.566. The van der Waals surface area contributed by atoms with E-state index in [1.165, 1.54) is 11.3 Å². The second-order valence-corrected chi connectivity index (χ2v) is 9.48. The molecule has 8 nitrogen and oxygen atoms in total. The fourth-order valence-corrected chi connectivity index (χ4v) is 4.56. The first-order valence-electron chi connectivity index (χ1n) is 11.0. The molecule has 0 unspecified atom stereocenters. The molecule has 9 heteroatoms. The third-order valence-electron chi connectivity index (χ3n) is 5.66. The number of piperazine rings is 1. The van der Waals surface area contributed by atoms with Gasteiger partial charge in [0.25, 0.3) is 11.8 Å². The van der Waals surface area contributed by atoms with Crippen molar-refractivity contribution in [3.63, 3.8) is 0 Å². The number of nitrogens with zero attached hydrogens (tertiary/aromatic N) is 4. The third kappa shape index (κ3) is 5.97. The zero-order valence-electron chi connectivity index (χ0n) is 19.3. The average Bonchev–Trinajstić information content (AvgIpc) is 3.39. The molecule has 0 N–H and O–H groups in total. The number of rotatable bonds is 8. The van der Waals surface area contributed by atoms with Crippen molar-refractivity contribution < 1.29 is 19.1 Å². The summed E-state index contributed by atoms with van der Waals surface area (Å²) in [4.78, 5) is 41.2. The molecule has 1 fully saturated rings. The molecule has 0 atom stereocenters. The molecule has 0 bridgehead atoms. The highest BCUT2D eigenvalue weighted by Crippen LogP contribution is 2.17. The molecular formula is C23H32N4O4S. The predicted molar refractivity (Wildman–Crippen MR) is 123 cm³/mol. The van der Waals surface area contributed by atoms with Gasteiger partial charge in [-0.25, -0.2) is 0 Å². The van der Waals surface area contributed by atoms with Crippen LogP contribution in [0.2, 0.25) is 0 Å². The maximum Gasteiger partial charge on any atom is 0.306 e. The number of hydrogen-bond acceptors (Lipinski definition) is 6. The zero-order chi connectivity index (χ0) is 23.3. The summed E-state index contributed by atoms with van der Waals surface area (Å²) in [6.07, 6.45) is 0.762. The highest BCUT2D eigenvalue weighted by Gasteiger charge is 2.26. The van der Waals surface area contributed by atoms with Gasteiger partial charge in [0.15, 0.2) is 6.61 Å². The van der Waals surface area contributed by atoms with E-state index in [1.54, 1.807) is 9.80 Å². The summed E-state index contributed by atoms with van der Waals surface area (Å²) in [5, 5.41) is 6.45. The molecule has 0 spiro atoms. The number of carbonyl (C=O) groups excluding carboxylic acids is 3. The van der Waals surface area contributed by atoms with Gasteiger partial charge in [0, 0.05) is 44.8 Å². The van der Waals surface area contributed by atoms with E-state index in [2.05, 4.69) is 18.9 Å². The minimum Gasteiger partial charge on any atom is -0.456 e. The highest BCUT2D eigenvalue weighted by atomic mass is 32.1. The van der Waals surface area contributed by atoms with E-state index in [4.69, 9.17) is 4.74 Å². The number of ether oxygens (including phenoxy) is 1. The standard InChI is InChI=1S/C23H32N4O4S/c1-16(2)14-27-18(4)19(17(3)24-27)7-8-22(29)31-15-21(28)25-9-11-26(12-10-25)23(30)20-6-5-13-32-20/h5-6,13,16H,7-12,14-15H2,1-4H3. The normalized spacial score (nSPS) is 14.2. The van der Waals surface area contributed by atoms with Gasteiger partial charge >= 0.3 is 5.97 Å². The molecule has 3 heterocycles. The van der Waals surface area contributed by atoms with Crippen LogP contribution in [0.5, 0.6) is 0 Å². The SMILES string of the molecule is Cc1nn(CC(C)C)c(C)c1CCC(=O)OCC(=O)N1CCN(C(=O)c2cccs2)CC1. The van der Waals surface area contributed by atoms with Crippen LogP contribution in [0.15, 0.2) is 17.5 Å². The second kappa shape index (κ2) is 10.8. The molecule has 2 amide bonds. The summed E-state index contributed by atoms with van der Waals surface area (Å²) in [5.74, 6) is -0.118. The van der Waals surface area contributed by atoms with Crippen molar-refractivity contribution in [2.24, 2.45) is 5.92 Å². The van der Waals surface area contributed by atoms with E-state index in [-0.39, 0.29) is 30.8 Å². The van der Waals surface area contributed by atoms with E-state index in [0.29, 0.717) is 43.4 Å². The Kier molecular flexibility index (Phi) is 8.06. The van der Waals surface area contributed by atoms with Crippen LogP contribution >= 0.6 is 11.3 Å². The van der Waals surface area contributed by atoms with E-state index in [1.807, 2.05) is 36.0 Å². The molecule has 1 aliphatic heterocycles. The van der Waals surface area contributed by atoms with Crippen molar-refractivity contribution in [2.75, 3.05) is 32.8 Å². The lowest BCUT2D eigenvalue weighted by Crippen LogP contribution is -2.51. The van der Waals surface area contributed by atoms with Crippen LogP contribution in [0.3, 0.4) is 0 Å². The molecule has 3 rings (SSSR count). The second-order valence-electron chi connectivity index (χ2n) is 8.54. The van der Waals surface area contributed by atoms with Crippen LogP contribution < -0.4 is 0 Å². The number of thiophene rings is 1. The Labute approximate surface area is 193 Å². The van der Waals surface area contributed by atoms with Gasteiger partial charge in [-0.05, 0) is 43.2 Å². The predicted octanol–water partition coefficient (Wildman–Crippen LogP) is 2.68. The van der Waals surface area contributed by atoms with Crippen LogP contribution in [0.4, 0.5) is 0 Å². The van der Waals surface area contributed by atoms with Crippen molar-refractivity contribution in [1.82, 2.24) is 19.6 Å². The van der Waals surface area contributed by atoms with E-state index >= 15 is 0 Å². The largest absolute Gasteiger partial charge is 0.456 e. The lowest BCUT2D eigenvalue weighted by atomic mass is 10.1. The van der Waals surface area contributed by atoms with Crippen LogP contribution in [-0.4, -0.2) is 70.1 Å². The summed E-state index contributed by atoms with van der Waals surface area (Å²) in [6.45, 7) is 10.7. The van der Waals surface area contributed by atoms with E-state index < -0.39 is 0 Å². The summed E-state index contributed by atoms with van der Waals surface area (Å²) < 4.78 is 7.22. The van der Waals surface area contributed by atoms with Crippen LogP contribution in [0, 0.1) is 19.8 Å². The number of amides is 2. The Morgan fingerprint density at radius 2 is 1.81 bits per heavy atom. The van der Waals surface area contributed by atoms with Crippen molar-refractivity contribution in [1.29, 1.82) is 0 Å².